The van der Waals surface area contributed by atoms with Gasteiger partial charge in [-0.25, -0.2) is 4.39 Å². The van der Waals surface area contributed by atoms with Crippen molar-refractivity contribution in [3.8, 4) is 11.3 Å². The van der Waals surface area contributed by atoms with Crippen LogP contribution in [0, 0.1) is 5.82 Å². The van der Waals surface area contributed by atoms with Crippen LogP contribution in [-0.2, 0) is 0 Å². The molecule has 0 aliphatic heterocycles. The van der Waals surface area contributed by atoms with Crippen molar-refractivity contribution in [2.24, 2.45) is 0 Å². The first-order valence-electron chi connectivity index (χ1n) is 3.71. The van der Waals surface area contributed by atoms with Gasteiger partial charge in [0.25, 0.3) is 5.56 Å². The van der Waals surface area contributed by atoms with Crippen LogP contribution in [0.3, 0.4) is 0 Å². The molecule has 0 fully saturated rings. The first-order valence-corrected chi connectivity index (χ1v) is 3.71. The summed E-state index contributed by atoms with van der Waals surface area (Å²) < 4.78 is 17.9. The smallest absolute Gasteiger partial charge is 0.280 e. The summed E-state index contributed by atoms with van der Waals surface area (Å²) in [6.45, 7) is 0. The van der Waals surface area contributed by atoms with Crippen LogP contribution in [-0.4, -0.2) is 5.16 Å². The lowest BCUT2D eigenvalue weighted by Crippen LogP contribution is -1.92. The number of aromatic amines is 1. The Morgan fingerprint density at radius 2 is 2.08 bits per heavy atom. The molecule has 0 radical (unpaired) electrons. The number of hydrogen-bond acceptors (Lipinski definition) is 2. The van der Waals surface area contributed by atoms with Gasteiger partial charge in [0.2, 0.25) is 0 Å². The van der Waals surface area contributed by atoms with E-state index < -0.39 is 5.82 Å². The molecule has 4 heteroatoms. The minimum atomic E-state index is -0.412. The van der Waals surface area contributed by atoms with Crippen molar-refractivity contribution in [1.29, 1.82) is 0 Å². The van der Waals surface area contributed by atoms with E-state index in [4.69, 9.17) is 4.52 Å². The van der Waals surface area contributed by atoms with Crippen molar-refractivity contribution in [3.05, 3.63) is 46.5 Å². The average molecular weight is 179 g/mol. The van der Waals surface area contributed by atoms with Crippen molar-refractivity contribution in [2.75, 3.05) is 0 Å². The van der Waals surface area contributed by atoms with E-state index in [1.807, 2.05) is 0 Å². The number of benzene rings is 1. The molecule has 1 N–H and O–H groups in total. The van der Waals surface area contributed by atoms with E-state index >= 15 is 0 Å². The van der Waals surface area contributed by atoms with Crippen LogP contribution in [0.25, 0.3) is 11.3 Å². The molecular formula is C9H6FNO2. The fourth-order valence-corrected chi connectivity index (χ4v) is 1.08. The molecule has 2 aromatic rings. The second-order valence-electron chi connectivity index (χ2n) is 2.56. The molecule has 1 heterocycles. The second kappa shape index (κ2) is 2.90. The van der Waals surface area contributed by atoms with E-state index in [0.29, 0.717) is 0 Å². The lowest BCUT2D eigenvalue weighted by Gasteiger charge is -1.95. The van der Waals surface area contributed by atoms with E-state index in [-0.39, 0.29) is 16.9 Å². The molecule has 0 aliphatic carbocycles. The summed E-state index contributed by atoms with van der Waals surface area (Å²) in [6, 6.07) is 7.30. The first-order chi connectivity index (χ1) is 6.27. The summed E-state index contributed by atoms with van der Waals surface area (Å²) in [5, 5.41) is 2.10. The van der Waals surface area contributed by atoms with Gasteiger partial charge in [-0.2, -0.15) is 5.16 Å². The van der Waals surface area contributed by atoms with Crippen LogP contribution < -0.4 is 5.56 Å². The molecule has 0 spiro atoms. The lowest BCUT2D eigenvalue weighted by atomic mass is 10.2. The highest BCUT2D eigenvalue weighted by Crippen LogP contribution is 2.19. The van der Waals surface area contributed by atoms with Crippen LogP contribution in [0.1, 0.15) is 0 Å². The summed E-state index contributed by atoms with van der Waals surface area (Å²) in [6.07, 6.45) is 0. The zero-order valence-electron chi connectivity index (χ0n) is 6.58. The first kappa shape index (κ1) is 7.79. The zero-order valence-corrected chi connectivity index (χ0v) is 6.58. The molecule has 0 aliphatic rings. The van der Waals surface area contributed by atoms with Crippen molar-refractivity contribution in [2.45, 2.75) is 0 Å². The normalized spacial score (nSPS) is 10.2. The molecule has 3 nitrogen and oxygen atoms in total. The van der Waals surface area contributed by atoms with E-state index in [2.05, 4.69) is 5.16 Å². The number of halogens is 1. The van der Waals surface area contributed by atoms with Crippen LogP contribution >= 0.6 is 0 Å². The molecule has 0 bridgehead atoms. The number of nitrogens with one attached hydrogen (secondary N) is 1. The highest BCUT2D eigenvalue weighted by atomic mass is 19.1. The molecule has 0 unspecified atom stereocenters. The number of hydrogen-bond donors (Lipinski definition) is 1. The quantitative estimate of drug-likeness (QED) is 0.725. The van der Waals surface area contributed by atoms with Crippen molar-refractivity contribution >= 4 is 0 Å². The van der Waals surface area contributed by atoms with Gasteiger partial charge in [0, 0.05) is 0 Å². The molecule has 66 valence electrons. The van der Waals surface area contributed by atoms with Gasteiger partial charge in [-0.05, 0) is 12.1 Å². The fraction of sp³-hybridized carbons (Fsp3) is 0. The number of aromatic nitrogens is 1. The Bertz CT molecular complexity index is 472. The topological polar surface area (TPSA) is 46.0 Å². The predicted molar refractivity (Wildman–Crippen MR) is 44.7 cm³/mol. The summed E-state index contributed by atoms with van der Waals surface area (Å²) in [4.78, 5) is 10.7. The maximum Gasteiger partial charge on any atom is 0.280 e. The summed E-state index contributed by atoms with van der Waals surface area (Å²) in [5.74, 6) is -0.201. The van der Waals surface area contributed by atoms with Crippen molar-refractivity contribution < 1.29 is 8.91 Å². The van der Waals surface area contributed by atoms with Gasteiger partial charge in [-0.3, -0.25) is 4.79 Å². The van der Waals surface area contributed by atoms with Crippen LogP contribution in [0.15, 0.2) is 39.6 Å². The largest absolute Gasteiger partial charge is 0.378 e. The van der Waals surface area contributed by atoms with Gasteiger partial charge in [0.15, 0.2) is 5.76 Å². The highest BCUT2D eigenvalue weighted by molar-refractivity contribution is 5.56. The third kappa shape index (κ3) is 1.38. The van der Waals surface area contributed by atoms with Crippen molar-refractivity contribution in [1.82, 2.24) is 5.16 Å². The highest BCUT2D eigenvalue weighted by Gasteiger charge is 2.07. The van der Waals surface area contributed by atoms with E-state index in [9.17, 15) is 9.18 Å². The maximum atomic E-state index is 13.1. The average Bonchev–Trinajstić information content (AvgIpc) is 2.53. The van der Waals surface area contributed by atoms with E-state index in [0.717, 1.165) is 0 Å². The van der Waals surface area contributed by atoms with Gasteiger partial charge in [-0.1, -0.05) is 12.1 Å². The summed E-state index contributed by atoms with van der Waals surface area (Å²) >= 11 is 0. The Morgan fingerprint density at radius 3 is 2.69 bits per heavy atom. The Balaban J connectivity index is 2.58. The maximum absolute atomic E-state index is 13.1. The third-order valence-electron chi connectivity index (χ3n) is 1.66. The molecule has 0 saturated carbocycles. The van der Waals surface area contributed by atoms with E-state index in [1.54, 1.807) is 18.2 Å². The molecule has 0 saturated heterocycles. The van der Waals surface area contributed by atoms with Gasteiger partial charge in [-0.15, -0.1) is 0 Å². The molecule has 0 atom stereocenters. The number of H-pyrrole nitrogens is 1. The summed E-state index contributed by atoms with van der Waals surface area (Å²) in [7, 11) is 0. The zero-order chi connectivity index (χ0) is 9.26. The Kier molecular flexibility index (Phi) is 1.73. The second-order valence-corrected chi connectivity index (χ2v) is 2.56. The van der Waals surface area contributed by atoms with Crippen LogP contribution in [0.4, 0.5) is 4.39 Å². The number of rotatable bonds is 1. The molecular weight excluding hydrogens is 173 g/mol. The predicted octanol–water partition coefficient (Wildman–Crippen LogP) is 1.77. The van der Waals surface area contributed by atoms with Gasteiger partial charge < -0.3 is 4.52 Å². The van der Waals surface area contributed by atoms with Crippen molar-refractivity contribution in [3.63, 3.8) is 0 Å². The molecule has 13 heavy (non-hydrogen) atoms. The Hall–Kier alpha value is -1.84. The lowest BCUT2D eigenvalue weighted by molar-refractivity contribution is 0.423. The molecule has 1 aromatic carbocycles. The minimum Gasteiger partial charge on any atom is -0.378 e. The monoisotopic (exact) mass is 179 g/mol. The van der Waals surface area contributed by atoms with Crippen LogP contribution in [0.2, 0.25) is 0 Å². The third-order valence-corrected chi connectivity index (χ3v) is 1.66. The van der Waals surface area contributed by atoms with E-state index in [1.165, 1.54) is 12.1 Å². The molecule has 0 amide bonds. The SMILES string of the molecule is O=c1cc(-c2ccccc2F)o[nH]1. The summed E-state index contributed by atoms with van der Waals surface area (Å²) in [5.41, 5.74) is -0.0981. The standard InChI is InChI=1S/C9H6FNO2/c10-7-4-2-1-3-6(7)8-5-9(12)11-13-8/h1-5H,(H,11,12). The molecule has 2 rings (SSSR count). The Labute approximate surface area is 72.8 Å². The van der Waals surface area contributed by atoms with Gasteiger partial charge in [0.05, 0.1) is 11.6 Å². The Morgan fingerprint density at radius 1 is 1.31 bits per heavy atom. The fourth-order valence-electron chi connectivity index (χ4n) is 1.08. The molecule has 1 aromatic heterocycles. The van der Waals surface area contributed by atoms with Gasteiger partial charge in [0.1, 0.15) is 5.82 Å². The van der Waals surface area contributed by atoms with Gasteiger partial charge >= 0.3 is 0 Å². The van der Waals surface area contributed by atoms with Crippen LogP contribution in [0.5, 0.6) is 0 Å². The minimum absolute atomic E-state index is 0.211.